The Balaban J connectivity index is 2.84. The maximum absolute atomic E-state index is 5.22. The maximum Gasteiger partial charge on any atom is 0.0837 e. The standard InChI is InChI=1S/C12H20N2O/c1-4-14(5-2)12-10-8-7-9-11(12)13-15-6-3/h7-10,13H,4-6H2,1-3H3. The number of para-hydroxylation sites is 2. The van der Waals surface area contributed by atoms with Crippen molar-refractivity contribution in [3.05, 3.63) is 24.3 Å². The summed E-state index contributed by atoms with van der Waals surface area (Å²) >= 11 is 0. The Labute approximate surface area is 92.0 Å². The van der Waals surface area contributed by atoms with E-state index in [4.69, 9.17) is 4.84 Å². The molecule has 0 atom stereocenters. The summed E-state index contributed by atoms with van der Waals surface area (Å²) in [6.45, 7) is 8.93. The fourth-order valence-corrected chi connectivity index (χ4v) is 1.55. The number of anilines is 2. The van der Waals surface area contributed by atoms with E-state index in [1.807, 2.05) is 25.1 Å². The molecule has 0 bridgehead atoms. The van der Waals surface area contributed by atoms with Crippen molar-refractivity contribution in [2.24, 2.45) is 0 Å². The Morgan fingerprint density at radius 1 is 1.13 bits per heavy atom. The topological polar surface area (TPSA) is 24.5 Å². The summed E-state index contributed by atoms with van der Waals surface area (Å²) in [6.07, 6.45) is 0. The molecule has 0 unspecified atom stereocenters. The van der Waals surface area contributed by atoms with Gasteiger partial charge in [-0.2, -0.15) is 0 Å². The molecule has 0 aromatic heterocycles. The van der Waals surface area contributed by atoms with Crippen molar-refractivity contribution in [1.82, 2.24) is 0 Å². The molecule has 0 fully saturated rings. The second kappa shape index (κ2) is 6.30. The number of rotatable bonds is 6. The number of hydrogen-bond donors (Lipinski definition) is 1. The maximum atomic E-state index is 5.22. The average molecular weight is 208 g/mol. The van der Waals surface area contributed by atoms with E-state index in [0.717, 1.165) is 18.8 Å². The van der Waals surface area contributed by atoms with Gasteiger partial charge in [-0.3, -0.25) is 10.3 Å². The molecule has 3 nitrogen and oxygen atoms in total. The van der Waals surface area contributed by atoms with Crippen molar-refractivity contribution >= 4 is 11.4 Å². The van der Waals surface area contributed by atoms with Crippen LogP contribution in [0.25, 0.3) is 0 Å². The molecule has 15 heavy (non-hydrogen) atoms. The number of benzene rings is 1. The van der Waals surface area contributed by atoms with Crippen LogP contribution >= 0.6 is 0 Å². The minimum absolute atomic E-state index is 0.659. The molecule has 3 heteroatoms. The van der Waals surface area contributed by atoms with Gasteiger partial charge in [0.15, 0.2) is 0 Å². The molecule has 84 valence electrons. The van der Waals surface area contributed by atoms with Crippen LogP contribution in [-0.4, -0.2) is 19.7 Å². The normalized spacial score (nSPS) is 10.1. The first-order valence-electron chi connectivity index (χ1n) is 5.55. The van der Waals surface area contributed by atoms with Crippen molar-refractivity contribution in [2.75, 3.05) is 30.1 Å². The Kier molecular flexibility index (Phi) is 4.98. The third kappa shape index (κ3) is 3.13. The fraction of sp³-hybridized carbons (Fsp3) is 0.500. The van der Waals surface area contributed by atoms with E-state index >= 15 is 0 Å². The molecule has 0 spiro atoms. The van der Waals surface area contributed by atoms with Crippen LogP contribution in [0.15, 0.2) is 24.3 Å². The molecule has 0 aliphatic rings. The van der Waals surface area contributed by atoms with E-state index in [-0.39, 0.29) is 0 Å². The molecule has 0 saturated heterocycles. The van der Waals surface area contributed by atoms with Gasteiger partial charge in [0.2, 0.25) is 0 Å². The highest BCUT2D eigenvalue weighted by atomic mass is 16.6. The van der Waals surface area contributed by atoms with Crippen LogP contribution in [0.5, 0.6) is 0 Å². The summed E-state index contributed by atoms with van der Waals surface area (Å²) in [4.78, 5) is 7.52. The molecular formula is C12H20N2O. The van der Waals surface area contributed by atoms with Crippen molar-refractivity contribution in [3.63, 3.8) is 0 Å². The van der Waals surface area contributed by atoms with Crippen molar-refractivity contribution < 1.29 is 4.84 Å². The molecule has 0 aliphatic carbocycles. The largest absolute Gasteiger partial charge is 0.370 e. The van der Waals surface area contributed by atoms with Crippen LogP contribution in [-0.2, 0) is 4.84 Å². The monoisotopic (exact) mass is 208 g/mol. The highest BCUT2D eigenvalue weighted by Gasteiger charge is 2.06. The Morgan fingerprint density at radius 2 is 1.80 bits per heavy atom. The van der Waals surface area contributed by atoms with Crippen LogP contribution in [0.3, 0.4) is 0 Å². The van der Waals surface area contributed by atoms with Crippen LogP contribution < -0.4 is 10.4 Å². The third-order valence-corrected chi connectivity index (χ3v) is 2.33. The number of hydrogen-bond acceptors (Lipinski definition) is 3. The Bertz CT molecular complexity index is 285. The van der Waals surface area contributed by atoms with Gasteiger partial charge in [0, 0.05) is 13.1 Å². The lowest BCUT2D eigenvalue weighted by Gasteiger charge is -2.24. The summed E-state index contributed by atoms with van der Waals surface area (Å²) in [5.74, 6) is 0. The van der Waals surface area contributed by atoms with Crippen LogP contribution in [0.1, 0.15) is 20.8 Å². The number of nitrogens with one attached hydrogen (secondary N) is 1. The fourth-order valence-electron chi connectivity index (χ4n) is 1.55. The molecule has 1 aromatic carbocycles. The summed E-state index contributed by atoms with van der Waals surface area (Å²) in [6, 6.07) is 8.19. The molecule has 0 radical (unpaired) electrons. The quantitative estimate of drug-likeness (QED) is 0.727. The Hall–Kier alpha value is -1.22. The van der Waals surface area contributed by atoms with Crippen LogP contribution in [0.4, 0.5) is 11.4 Å². The van der Waals surface area contributed by atoms with E-state index < -0.39 is 0 Å². The van der Waals surface area contributed by atoms with Gasteiger partial charge in [-0.15, -0.1) is 0 Å². The molecule has 0 aliphatic heterocycles. The zero-order chi connectivity index (χ0) is 11.1. The molecule has 1 aromatic rings. The highest BCUT2D eigenvalue weighted by molar-refractivity contribution is 5.68. The van der Waals surface area contributed by atoms with E-state index in [9.17, 15) is 0 Å². The van der Waals surface area contributed by atoms with Crippen molar-refractivity contribution in [3.8, 4) is 0 Å². The summed E-state index contributed by atoms with van der Waals surface area (Å²) in [7, 11) is 0. The second-order valence-corrected chi connectivity index (χ2v) is 3.22. The van der Waals surface area contributed by atoms with E-state index in [1.54, 1.807) is 0 Å². The lowest BCUT2D eigenvalue weighted by molar-refractivity contribution is 0.210. The van der Waals surface area contributed by atoms with Crippen LogP contribution in [0, 0.1) is 0 Å². The lowest BCUT2D eigenvalue weighted by Crippen LogP contribution is -2.23. The van der Waals surface area contributed by atoms with Gasteiger partial charge in [0.25, 0.3) is 0 Å². The highest BCUT2D eigenvalue weighted by Crippen LogP contribution is 2.25. The smallest absolute Gasteiger partial charge is 0.0837 e. The van der Waals surface area contributed by atoms with E-state index in [1.165, 1.54) is 5.69 Å². The summed E-state index contributed by atoms with van der Waals surface area (Å²) < 4.78 is 0. The zero-order valence-corrected chi connectivity index (χ0v) is 9.79. The van der Waals surface area contributed by atoms with Crippen LogP contribution in [0.2, 0.25) is 0 Å². The van der Waals surface area contributed by atoms with Crippen molar-refractivity contribution in [1.29, 1.82) is 0 Å². The van der Waals surface area contributed by atoms with Gasteiger partial charge >= 0.3 is 0 Å². The van der Waals surface area contributed by atoms with Gasteiger partial charge < -0.3 is 4.90 Å². The van der Waals surface area contributed by atoms with E-state index in [0.29, 0.717) is 6.61 Å². The predicted molar refractivity (Wildman–Crippen MR) is 65.3 cm³/mol. The average Bonchev–Trinajstić information content (AvgIpc) is 2.29. The minimum atomic E-state index is 0.659. The number of nitrogens with zero attached hydrogens (tertiary/aromatic N) is 1. The third-order valence-electron chi connectivity index (χ3n) is 2.33. The Morgan fingerprint density at radius 3 is 2.40 bits per heavy atom. The van der Waals surface area contributed by atoms with Gasteiger partial charge in [-0.05, 0) is 32.9 Å². The summed E-state index contributed by atoms with van der Waals surface area (Å²) in [5.41, 5.74) is 5.19. The lowest BCUT2D eigenvalue weighted by atomic mass is 10.2. The molecule has 0 amide bonds. The minimum Gasteiger partial charge on any atom is -0.370 e. The van der Waals surface area contributed by atoms with Gasteiger partial charge in [0.05, 0.1) is 18.0 Å². The molecule has 0 saturated carbocycles. The van der Waals surface area contributed by atoms with E-state index in [2.05, 4.69) is 30.3 Å². The predicted octanol–water partition coefficient (Wildman–Crippen LogP) is 2.90. The van der Waals surface area contributed by atoms with Gasteiger partial charge in [-0.25, -0.2) is 0 Å². The van der Waals surface area contributed by atoms with Gasteiger partial charge in [0.1, 0.15) is 0 Å². The molecular weight excluding hydrogens is 188 g/mol. The molecule has 1 N–H and O–H groups in total. The molecule has 0 heterocycles. The second-order valence-electron chi connectivity index (χ2n) is 3.22. The first-order chi connectivity index (χ1) is 7.33. The SMILES string of the molecule is CCONc1ccccc1N(CC)CC. The first kappa shape index (κ1) is 11.9. The van der Waals surface area contributed by atoms with Crippen molar-refractivity contribution in [2.45, 2.75) is 20.8 Å². The molecule has 1 rings (SSSR count). The van der Waals surface area contributed by atoms with Gasteiger partial charge in [-0.1, -0.05) is 12.1 Å². The zero-order valence-electron chi connectivity index (χ0n) is 9.79. The first-order valence-corrected chi connectivity index (χ1v) is 5.55. The summed E-state index contributed by atoms with van der Waals surface area (Å²) in [5, 5.41) is 0.